The van der Waals surface area contributed by atoms with Crippen LogP contribution in [0.15, 0.2) is 18.3 Å². The summed E-state index contributed by atoms with van der Waals surface area (Å²) in [6.07, 6.45) is 4.53. The van der Waals surface area contributed by atoms with Crippen molar-refractivity contribution in [3.63, 3.8) is 0 Å². The summed E-state index contributed by atoms with van der Waals surface area (Å²) < 4.78 is 31.2. The van der Waals surface area contributed by atoms with Gasteiger partial charge in [0.15, 0.2) is 0 Å². The van der Waals surface area contributed by atoms with Crippen molar-refractivity contribution in [2.75, 3.05) is 32.1 Å². The lowest BCUT2D eigenvalue weighted by Gasteiger charge is -2.33. The molecule has 0 atom stereocenters. The van der Waals surface area contributed by atoms with Crippen LogP contribution in [-0.4, -0.2) is 55.6 Å². The molecule has 2 aliphatic rings. The fraction of sp³-hybridized carbons (Fsp3) is 0.600. The molecule has 1 saturated carbocycles. The van der Waals surface area contributed by atoms with Crippen LogP contribution >= 0.6 is 0 Å². The van der Waals surface area contributed by atoms with Gasteiger partial charge in [0.2, 0.25) is 21.8 Å². The predicted molar refractivity (Wildman–Crippen MR) is 85.9 cm³/mol. The smallest absolute Gasteiger partial charge is 0.242 e. The summed E-state index contributed by atoms with van der Waals surface area (Å²) >= 11 is 0. The Bertz CT molecular complexity index is 715. The quantitative estimate of drug-likeness (QED) is 0.818. The summed E-state index contributed by atoms with van der Waals surface area (Å²) in [4.78, 5) is 18.0. The van der Waals surface area contributed by atoms with E-state index in [9.17, 15) is 13.2 Å². The van der Waals surface area contributed by atoms with Gasteiger partial charge in [0.25, 0.3) is 0 Å². The Morgan fingerprint density at radius 3 is 2.83 bits per heavy atom. The molecule has 1 spiro atoms. The van der Waals surface area contributed by atoms with E-state index in [1.807, 2.05) is 0 Å². The highest BCUT2D eigenvalue weighted by Crippen LogP contribution is 2.51. The predicted octanol–water partition coefficient (Wildman–Crippen LogP) is 1.01. The highest BCUT2D eigenvalue weighted by atomic mass is 32.2. The van der Waals surface area contributed by atoms with E-state index in [0.29, 0.717) is 37.4 Å². The summed E-state index contributed by atoms with van der Waals surface area (Å²) in [6.45, 7) is 0.270. The SMILES string of the molecule is COc1ncccc1N(C)C(=O)CN1CCCC2(CC2)S1(=O)=O. The van der Waals surface area contributed by atoms with Crippen LogP contribution in [0, 0.1) is 0 Å². The van der Waals surface area contributed by atoms with E-state index in [-0.39, 0.29) is 12.5 Å². The Morgan fingerprint density at radius 2 is 2.17 bits per heavy atom. The number of methoxy groups -OCH3 is 1. The number of hydrogen-bond acceptors (Lipinski definition) is 5. The number of nitrogens with zero attached hydrogens (tertiary/aromatic N) is 3. The molecular weight excluding hydrogens is 318 g/mol. The van der Waals surface area contributed by atoms with Crippen molar-refractivity contribution in [3.05, 3.63) is 18.3 Å². The van der Waals surface area contributed by atoms with Crippen molar-refractivity contribution < 1.29 is 17.9 Å². The molecule has 0 bridgehead atoms. The highest BCUT2D eigenvalue weighted by Gasteiger charge is 2.58. The summed E-state index contributed by atoms with van der Waals surface area (Å²) in [5, 5.41) is 0. The lowest BCUT2D eigenvalue weighted by molar-refractivity contribution is -0.118. The third-order valence-corrected chi connectivity index (χ3v) is 7.42. The molecular formula is C15H21N3O4S. The van der Waals surface area contributed by atoms with E-state index in [1.54, 1.807) is 25.4 Å². The largest absolute Gasteiger partial charge is 0.480 e. The number of aromatic nitrogens is 1. The first-order valence-electron chi connectivity index (χ1n) is 7.66. The van der Waals surface area contributed by atoms with Gasteiger partial charge in [0.1, 0.15) is 5.69 Å². The second-order valence-corrected chi connectivity index (χ2v) is 8.44. The lowest BCUT2D eigenvalue weighted by Crippen LogP contribution is -2.49. The lowest BCUT2D eigenvalue weighted by atomic mass is 10.2. The van der Waals surface area contributed by atoms with E-state index in [0.717, 1.165) is 6.42 Å². The number of carbonyl (C=O) groups is 1. The van der Waals surface area contributed by atoms with Crippen LogP contribution in [0.4, 0.5) is 5.69 Å². The van der Waals surface area contributed by atoms with Gasteiger partial charge in [-0.25, -0.2) is 13.4 Å². The minimum absolute atomic E-state index is 0.140. The normalized spacial score (nSPS) is 21.8. The monoisotopic (exact) mass is 339 g/mol. The number of ether oxygens (including phenoxy) is 1. The van der Waals surface area contributed by atoms with Gasteiger partial charge in [-0.2, -0.15) is 4.31 Å². The van der Waals surface area contributed by atoms with E-state index in [1.165, 1.54) is 16.3 Å². The zero-order valence-electron chi connectivity index (χ0n) is 13.4. The van der Waals surface area contributed by atoms with Crippen LogP contribution in [0.25, 0.3) is 0 Å². The minimum atomic E-state index is -3.38. The third kappa shape index (κ3) is 2.70. The molecule has 126 valence electrons. The van der Waals surface area contributed by atoms with Gasteiger partial charge in [-0.05, 0) is 37.8 Å². The summed E-state index contributed by atoms with van der Waals surface area (Å²) in [5.74, 6) is 0.0427. The molecule has 8 heteroatoms. The van der Waals surface area contributed by atoms with Crippen molar-refractivity contribution in [3.8, 4) is 5.88 Å². The summed E-state index contributed by atoms with van der Waals surface area (Å²) in [6, 6.07) is 3.43. The number of rotatable bonds is 4. The highest BCUT2D eigenvalue weighted by molar-refractivity contribution is 7.90. The number of likely N-dealkylation sites (N-methyl/N-ethyl adjacent to an activating group) is 1. The Hall–Kier alpha value is -1.67. The molecule has 3 rings (SSSR count). The van der Waals surface area contributed by atoms with Crippen LogP contribution in [0.1, 0.15) is 25.7 Å². The first-order chi connectivity index (χ1) is 10.9. The third-order valence-electron chi connectivity index (χ3n) is 4.73. The van der Waals surface area contributed by atoms with Crippen LogP contribution < -0.4 is 9.64 Å². The number of carbonyl (C=O) groups excluding carboxylic acids is 1. The Balaban J connectivity index is 1.76. The maximum Gasteiger partial charge on any atom is 0.242 e. The first-order valence-corrected chi connectivity index (χ1v) is 9.10. The van der Waals surface area contributed by atoms with Gasteiger partial charge < -0.3 is 9.64 Å². The molecule has 1 aliphatic heterocycles. The number of amides is 1. The fourth-order valence-corrected chi connectivity index (χ4v) is 5.32. The van der Waals surface area contributed by atoms with Crippen molar-refractivity contribution in [1.82, 2.24) is 9.29 Å². The molecule has 1 saturated heterocycles. The molecule has 0 N–H and O–H groups in total. The standard InChI is InChI=1S/C15H21N3O4S/c1-17(12-5-3-9-16-14(12)22-2)13(19)11-18-10-4-6-15(7-8-15)23(18,20)21/h3,5,9H,4,6-8,10-11H2,1-2H3. The van der Waals surface area contributed by atoms with Crippen LogP contribution in [-0.2, 0) is 14.8 Å². The first kappa shape index (κ1) is 16.2. The van der Waals surface area contributed by atoms with E-state index in [2.05, 4.69) is 4.98 Å². The molecule has 2 heterocycles. The zero-order valence-corrected chi connectivity index (χ0v) is 14.2. The van der Waals surface area contributed by atoms with E-state index in [4.69, 9.17) is 4.74 Å². The maximum atomic E-state index is 12.6. The fourth-order valence-electron chi connectivity index (χ4n) is 3.10. The Morgan fingerprint density at radius 1 is 1.43 bits per heavy atom. The Kier molecular flexibility index (Phi) is 4.05. The van der Waals surface area contributed by atoms with E-state index >= 15 is 0 Å². The van der Waals surface area contributed by atoms with Crippen molar-refractivity contribution in [1.29, 1.82) is 0 Å². The van der Waals surface area contributed by atoms with Crippen LogP contribution in [0.5, 0.6) is 5.88 Å². The summed E-state index contributed by atoms with van der Waals surface area (Å²) in [5.41, 5.74) is 0.524. The second kappa shape index (κ2) is 5.76. The van der Waals surface area contributed by atoms with Crippen molar-refractivity contribution in [2.45, 2.75) is 30.4 Å². The molecule has 0 unspecified atom stereocenters. The molecule has 0 aromatic carbocycles. The summed E-state index contributed by atoms with van der Waals surface area (Å²) in [7, 11) is -0.293. The van der Waals surface area contributed by atoms with Gasteiger partial charge in [-0.1, -0.05) is 0 Å². The molecule has 7 nitrogen and oxygen atoms in total. The molecule has 1 amide bonds. The van der Waals surface area contributed by atoms with Gasteiger partial charge >= 0.3 is 0 Å². The number of pyridine rings is 1. The van der Waals surface area contributed by atoms with Gasteiger partial charge in [-0.3, -0.25) is 4.79 Å². The number of sulfonamides is 1. The topological polar surface area (TPSA) is 79.8 Å². The van der Waals surface area contributed by atoms with Gasteiger partial charge in [0.05, 0.1) is 18.4 Å². The van der Waals surface area contributed by atoms with Gasteiger partial charge in [0, 0.05) is 19.8 Å². The Labute approximate surface area is 136 Å². The van der Waals surface area contributed by atoms with E-state index < -0.39 is 14.8 Å². The maximum absolute atomic E-state index is 12.6. The zero-order chi connectivity index (χ0) is 16.7. The molecule has 1 aromatic rings. The van der Waals surface area contributed by atoms with Crippen LogP contribution in [0.3, 0.4) is 0 Å². The number of hydrogen-bond donors (Lipinski definition) is 0. The molecule has 1 aromatic heterocycles. The molecule has 0 radical (unpaired) electrons. The molecule has 23 heavy (non-hydrogen) atoms. The average molecular weight is 339 g/mol. The second-order valence-electron chi connectivity index (χ2n) is 6.11. The minimum Gasteiger partial charge on any atom is -0.480 e. The number of anilines is 1. The van der Waals surface area contributed by atoms with Crippen molar-refractivity contribution in [2.24, 2.45) is 0 Å². The van der Waals surface area contributed by atoms with Crippen LogP contribution in [0.2, 0.25) is 0 Å². The molecule has 2 fully saturated rings. The average Bonchev–Trinajstić information content (AvgIpc) is 3.33. The van der Waals surface area contributed by atoms with Gasteiger partial charge in [-0.15, -0.1) is 0 Å². The van der Waals surface area contributed by atoms with Crippen molar-refractivity contribution >= 4 is 21.6 Å². The molecule has 1 aliphatic carbocycles.